The lowest BCUT2D eigenvalue weighted by atomic mass is 9.78. The zero-order valence-electron chi connectivity index (χ0n) is 26.2. The maximum absolute atomic E-state index is 13.8. The van der Waals surface area contributed by atoms with Crippen LogP contribution in [0.1, 0.15) is 75.3 Å². The predicted molar refractivity (Wildman–Crippen MR) is 170 cm³/mol. The van der Waals surface area contributed by atoms with Crippen molar-refractivity contribution in [3.63, 3.8) is 0 Å². The Balaban J connectivity index is 0.989. The van der Waals surface area contributed by atoms with Gasteiger partial charge in [-0.1, -0.05) is 36.4 Å². The first-order valence-corrected chi connectivity index (χ1v) is 16.2. The summed E-state index contributed by atoms with van der Waals surface area (Å²) in [5.41, 5.74) is 4.60. The van der Waals surface area contributed by atoms with Crippen molar-refractivity contribution in [3.8, 4) is 11.3 Å². The molecule has 3 saturated heterocycles. The number of piperidine rings is 3. The SMILES string of the molecule is Cc1c(C(=O)N2CCC(C3CCN(c4cccc5c4C(=O)N(C4CCC(=O)NC4=O)C5=O)CC3)CC2)c(-c2ccccc2)nn1C. The summed E-state index contributed by atoms with van der Waals surface area (Å²) in [5.74, 6) is -0.868. The fraction of sp³-hybridized carbons (Fsp3) is 0.429. The third-order valence-corrected chi connectivity index (χ3v) is 10.4. The second-order valence-electron chi connectivity index (χ2n) is 12.9. The third kappa shape index (κ3) is 5.07. The van der Waals surface area contributed by atoms with Crippen LogP contribution in [0.25, 0.3) is 11.3 Å². The first-order chi connectivity index (χ1) is 22.2. The molecule has 5 amide bonds. The fourth-order valence-corrected chi connectivity index (χ4v) is 7.77. The van der Waals surface area contributed by atoms with Crippen LogP contribution in [0.4, 0.5) is 5.69 Å². The van der Waals surface area contributed by atoms with Crippen LogP contribution in [0.15, 0.2) is 48.5 Å². The fourth-order valence-electron chi connectivity index (χ4n) is 7.77. The lowest BCUT2D eigenvalue weighted by molar-refractivity contribution is -0.136. The molecule has 1 atom stereocenters. The van der Waals surface area contributed by atoms with E-state index in [-0.39, 0.29) is 24.7 Å². The molecule has 238 valence electrons. The van der Waals surface area contributed by atoms with Crippen molar-refractivity contribution in [2.75, 3.05) is 31.1 Å². The van der Waals surface area contributed by atoms with Crippen LogP contribution in [0.5, 0.6) is 0 Å². The van der Waals surface area contributed by atoms with E-state index in [1.165, 1.54) is 0 Å². The van der Waals surface area contributed by atoms with E-state index in [0.29, 0.717) is 41.6 Å². The van der Waals surface area contributed by atoms with Gasteiger partial charge in [-0.25, -0.2) is 0 Å². The quantitative estimate of drug-likeness (QED) is 0.432. The van der Waals surface area contributed by atoms with Gasteiger partial charge in [0.05, 0.1) is 22.4 Å². The van der Waals surface area contributed by atoms with Crippen LogP contribution < -0.4 is 10.2 Å². The number of hydrogen-bond acceptors (Lipinski definition) is 7. The number of aryl methyl sites for hydroxylation is 1. The molecule has 11 nitrogen and oxygen atoms in total. The van der Waals surface area contributed by atoms with Gasteiger partial charge in [-0.05, 0) is 63.0 Å². The number of aromatic nitrogens is 2. The zero-order valence-corrected chi connectivity index (χ0v) is 26.2. The van der Waals surface area contributed by atoms with Crippen molar-refractivity contribution >= 4 is 35.2 Å². The van der Waals surface area contributed by atoms with Crippen LogP contribution >= 0.6 is 0 Å². The molecular formula is C35H38N6O5. The molecule has 11 heteroatoms. The lowest BCUT2D eigenvalue weighted by Gasteiger charge is -2.41. The lowest BCUT2D eigenvalue weighted by Crippen LogP contribution is -2.54. The van der Waals surface area contributed by atoms with Crippen molar-refractivity contribution in [3.05, 3.63) is 70.9 Å². The number of hydrogen-bond donors (Lipinski definition) is 1. The highest BCUT2D eigenvalue weighted by atomic mass is 16.2. The molecule has 1 unspecified atom stereocenters. The standard InChI is InChI=1S/C35H38N6O5/c1-21-29(31(37-38(21)2)24-7-4-3-5-8-24)34(45)40-19-15-23(16-20-40)22-13-17-39(18-14-22)26-10-6-9-25-30(26)35(46)41(33(25)44)27-11-12-28(42)36-32(27)43/h3-10,22-23,27H,11-20H2,1-2H3,(H,36,42,43). The molecule has 3 aromatic rings. The van der Waals surface area contributed by atoms with E-state index in [9.17, 15) is 24.0 Å². The van der Waals surface area contributed by atoms with Gasteiger partial charge in [-0.2, -0.15) is 5.10 Å². The van der Waals surface area contributed by atoms with Crippen LogP contribution in [0.2, 0.25) is 0 Å². The molecule has 0 spiro atoms. The monoisotopic (exact) mass is 622 g/mol. The van der Waals surface area contributed by atoms with Crippen LogP contribution in [0.3, 0.4) is 0 Å². The molecular weight excluding hydrogens is 584 g/mol. The van der Waals surface area contributed by atoms with Gasteiger partial charge < -0.3 is 9.80 Å². The molecule has 4 aliphatic heterocycles. The van der Waals surface area contributed by atoms with Crippen LogP contribution in [0, 0.1) is 18.8 Å². The van der Waals surface area contributed by atoms with Gasteiger partial charge in [0.1, 0.15) is 11.7 Å². The molecule has 1 aromatic heterocycles. The Bertz CT molecular complexity index is 1730. The summed E-state index contributed by atoms with van der Waals surface area (Å²) in [5, 5.41) is 6.93. The molecule has 7 rings (SSSR count). The van der Waals surface area contributed by atoms with Gasteiger partial charge >= 0.3 is 0 Å². The number of amides is 5. The minimum Gasteiger partial charge on any atom is -0.371 e. The number of likely N-dealkylation sites (tertiary alicyclic amines) is 1. The molecule has 4 aliphatic rings. The Morgan fingerprint density at radius 3 is 2.17 bits per heavy atom. The zero-order chi connectivity index (χ0) is 32.1. The number of anilines is 1. The summed E-state index contributed by atoms with van der Waals surface area (Å²) in [6, 6.07) is 14.2. The number of carbonyl (C=O) groups excluding carboxylic acids is 5. The van der Waals surface area contributed by atoms with Crippen molar-refractivity contribution in [1.82, 2.24) is 24.9 Å². The largest absolute Gasteiger partial charge is 0.371 e. The van der Waals surface area contributed by atoms with Crippen LogP contribution in [-0.4, -0.2) is 81.3 Å². The van der Waals surface area contributed by atoms with Gasteiger partial charge in [0, 0.05) is 50.9 Å². The third-order valence-electron chi connectivity index (χ3n) is 10.4. The highest BCUT2D eigenvalue weighted by Gasteiger charge is 2.46. The number of carbonyl (C=O) groups is 5. The van der Waals surface area contributed by atoms with Gasteiger partial charge in [-0.15, -0.1) is 0 Å². The van der Waals surface area contributed by atoms with Crippen molar-refractivity contribution in [2.45, 2.75) is 51.5 Å². The second kappa shape index (κ2) is 11.9. The number of benzene rings is 2. The topological polar surface area (TPSA) is 125 Å². The van der Waals surface area contributed by atoms with E-state index in [0.717, 1.165) is 66.3 Å². The molecule has 1 N–H and O–H groups in total. The van der Waals surface area contributed by atoms with Gasteiger partial charge in [-0.3, -0.25) is 38.9 Å². The minimum atomic E-state index is -0.978. The first-order valence-electron chi connectivity index (χ1n) is 16.2. The molecule has 2 aromatic carbocycles. The first kappa shape index (κ1) is 29.9. The summed E-state index contributed by atoms with van der Waals surface area (Å²) in [7, 11) is 1.88. The Morgan fingerprint density at radius 2 is 1.50 bits per heavy atom. The number of nitrogens with zero attached hydrogens (tertiary/aromatic N) is 5. The Hall–Kier alpha value is -4.80. The highest BCUT2D eigenvalue weighted by molar-refractivity contribution is 6.25. The molecule has 0 bridgehead atoms. The molecule has 46 heavy (non-hydrogen) atoms. The van der Waals surface area contributed by atoms with E-state index in [1.54, 1.807) is 16.8 Å². The average molecular weight is 623 g/mol. The Morgan fingerprint density at radius 1 is 0.826 bits per heavy atom. The number of fused-ring (bicyclic) bond motifs is 1. The summed E-state index contributed by atoms with van der Waals surface area (Å²) in [6.45, 7) is 4.90. The van der Waals surface area contributed by atoms with Gasteiger partial charge in [0.25, 0.3) is 17.7 Å². The number of imide groups is 2. The van der Waals surface area contributed by atoms with E-state index in [4.69, 9.17) is 0 Å². The maximum atomic E-state index is 13.8. The summed E-state index contributed by atoms with van der Waals surface area (Å²) in [4.78, 5) is 70.0. The Kier molecular flexibility index (Phi) is 7.70. The van der Waals surface area contributed by atoms with Crippen molar-refractivity contribution in [2.24, 2.45) is 18.9 Å². The minimum absolute atomic E-state index is 0.0428. The van der Waals surface area contributed by atoms with E-state index >= 15 is 0 Å². The number of rotatable bonds is 5. The average Bonchev–Trinajstić information content (AvgIpc) is 3.52. The van der Waals surface area contributed by atoms with Crippen molar-refractivity contribution in [1.29, 1.82) is 0 Å². The molecule has 0 aliphatic carbocycles. The number of nitrogens with one attached hydrogen (secondary N) is 1. The van der Waals surface area contributed by atoms with Gasteiger partial charge in [0.2, 0.25) is 11.8 Å². The Labute approximate surface area is 267 Å². The van der Waals surface area contributed by atoms with E-state index in [2.05, 4.69) is 15.3 Å². The van der Waals surface area contributed by atoms with Crippen LogP contribution in [-0.2, 0) is 16.6 Å². The molecule has 3 fully saturated rings. The maximum Gasteiger partial charge on any atom is 0.264 e. The van der Waals surface area contributed by atoms with E-state index in [1.807, 2.05) is 55.3 Å². The molecule has 0 saturated carbocycles. The summed E-state index contributed by atoms with van der Waals surface area (Å²) >= 11 is 0. The summed E-state index contributed by atoms with van der Waals surface area (Å²) < 4.78 is 1.79. The molecule has 5 heterocycles. The second-order valence-corrected chi connectivity index (χ2v) is 12.9. The van der Waals surface area contributed by atoms with Gasteiger partial charge in [0.15, 0.2) is 0 Å². The normalized spacial score (nSPS) is 21.2. The molecule has 0 radical (unpaired) electrons. The highest BCUT2D eigenvalue weighted by Crippen LogP contribution is 2.39. The smallest absolute Gasteiger partial charge is 0.264 e. The van der Waals surface area contributed by atoms with Crippen molar-refractivity contribution < 1.29 is 24.0 Å². The van der Waals surface area contributed by atoms with E-state index < -0.39 is 23.8 Å². The summed E-state index contributed by atoms with van der Waals surface area (Å²) in [6.07, 6.45) is 4.05. The predicted octanol–water partition coefficient (Wildman–Crippen LogP) is 3.57.